The van der Waals surface area contributed by atoms with E-state index >= 15 is 0 Å². The Morgan fingerprint density at radius 1 is 1.26 bits per heavy atom. The molecule has 27 heavy (non-hydrogen) atoms. The largest absolute Gasteiger partial charge is 0.493 e. The Bertz CT molecular complexity index is 688. The first-order valence-corrected chi connectivity index (χ1v) is 8.58. The Labute approximate surface area is 157 Å². The van der Waals surface area contributed by atoms with Crippen molar-refractivity contribution in [2.24, 2.45) is 5.10 Å². The van der Waals surface area contributed by atoms with Crippen molar-refractivity contribution >= 4 is 24.0 Å². The lowest BCUT2D eigenvalue weighted by atomic mass is 10.1. The van der Waals surface area contributed by atoms with Gasteiger partial charge in [-0.15, -0.1) is 0 Å². The van der Waals surface area contributed by atoms with Crippen molar-refractivity contribution in [3.8, 4) is 5.75 Å². The van der Waals surface area contributed by atoms with Gasteiger partial charge in [0.1, 0.15) is 11.3 Å². The van der Waals surface area contributed by atoms with Crippen LogP contribution < -0.4 is 15.5 Å². The topological polar surface area (TPSA) is 126 Å². The lowest BCUT2D eigenvalue weighted by Crippen LogP contribution is -2.38. The zero-order valence-electron chi connectivity index (χ0n) is 15.7. The van der Waals surface area contributed by atoms with Crippen LogP contribution in [0.15, 0.2) is 23.3 Å². The number of hydrogen-bond acceptors (Lipinski definition) is 6. The van der Waals surface area contributed by atoms with Gasteiger partial charge in [0.15, 0.2) is 0 Å². The molecule has 148 valence electrons. The third-order valence-electron chi connectivity index (χ3n) is 3.18. The molecule has 0 aliphatic carbocycles. The summed E-state index contributed by atoms with van der Waals surface area (Å²) in [7, 11) is 0. The van der Waals surface area contributed by atoms with Crippen molar-refractivity contribution in [3.05, 3.63) is 29.3 Å². The smallest absolute Gasteiger partial charge is 0.339 e. The summed E-state index contributed by atoms with van der Waals surface area (Å²) in [5.74, 6) is -2.62. The molecule has 0 saturated heterocycles. The highest BCUT2D eigenvalue weighted by Gasteiger charge is 2.13. The number of hydrogen-bond donors (Lipinski definition) is 3. The summed E-state index contributed by atoms with van der Waals surface area (Å²) < 4.78 is 10.6. The summed E-state index contributed by atoms with van der Waals surface area (Å²) in [5, 5.41) is 15.3. The molecule has 0 aromatic heterocycles. The average molecular weight is 379 g/mol. The van der Waals surface area contributed by atoms with E-state index in [1.807, 2.05) is 13.8 Å². The summed E-state index contributed by atoms with van der Waals surface area (Å²) in [6.07, 6.45) is 1.94. The van der Waals surface area contributed by atoms with Crippen molar-refractivity contribution in [1.29, 1.82) is 0 Å². The molecule has 3 N–H and O–H groups in total. The first-order valence-electron chi connectivity index (χ1n) is 8.58. The summed E-state index contributed by atoms with van der Waals surface area (Å²) in [6, 6.07) is 4.45. The van der Waals surface area contributed by atoms with Crippen molar-refractivity contribution < 1.29 is 29.0 Å². The minimum absolute atomic E-state index is 0.0199. The molecule has 0 spiro atoms. The number of carbonyl (C=O) groups is 3. The Morgan fingerprint density at radius 2 is 2.00 bits per heavy atom. The number of rotatable bonds is 10. The van der Waals surface area contributed by atoms with Gasteiger partial charge in [-0.25, -0.2) is 10.2 Å². The molecular formula is C18H25N3O6. The second-order valence-corrected chi connectivity index (χ2v) is 5.72. The number of ether oxygens (including phenoxy) is 2. The lowest BCUT2D eigenvalue weighted by Gasteiger charge is -2.08. The van der Waals surface area contributed by atoms with E-state index in [1.54, 1.807) is 13.0 Å². The standard InChI is InChI=1S/C18H25N3O6/c1-4-26-15-7-6-13(10-14(15)18(24)25)11-20-21-17(23)16(22)19-8-5-9-27-12(2)3/h6-7,10-12H,4-5,8-9H2,1-3H3,(H,19,22)(H,21,23)(H,24,25)/b20-11-. The van der Waals surface area contributed by atoms with E-state index in [2.05, 4.69) is 15.8 Å². The Kier molecular flexibility index (Phi) is 9.52. The Morgan fingerprint density at radius 3 is 2.63 bits per heavy atom. The highest BCUT2D eigenvalue weighted by atomic mass is 16.5. The maximum absolute atomic E-state index is 11.6. The van der Waals surface area contributed by atoms with Crippen LogP contribution in [0.2, 0.25) is 0 Å². The molecule has 0 aliphatic rings. The van der Waals surface area contributed by atoms with Crippen molar-refractivity contribution in [1.82, 2.24) is 10.7 Å². The van der Waals surface area contributed by atoms with Crippen LogP contribution in [0.5, 0.6) is 5.75 Å². The Balaban J connectivity index is 2.50. The van der Waals surface area contributed by atoms with Gasteiger partial charge in [-0.1, -0.05) is 0 Å². The predicted molar refractivity (Wildman–Crippen MR) is 99.0 cm³/mol. The Hall–Kier alpha value is -2.94. The number of hydrazone groups is 1. The number of carbonyl (C=O) groups excluding carboxylic acids is 2. The molecular weight excluding hydrogens is 354 g/mol. The van der Waals surface area contributed by atoms with Gasteiger partial charge >= 0.3 is 17.8 Å². The molecule has 2 amide bonds. The first-order chi connectivity index (χ1) is 12.8. The molecule has 1 aromatic rings. The number of nitrogens with one attached hydrogen (secondary N) is 2. The van der Waals surface area contributed by atoms with Crippen LogP contribution in [-0.2, 0) is 14.3 Å². The van der Waals surface area contributed by atoms with Gasteiger partial charge in [-0.2, -0.15) is 5.10 Å². The summed E-state index contributed by atoms with van der Waals surface area (Å²) >= 11 is 0. The van der Waals surface area contributed by atoms with E-state index in [0.717, 1.165) is 0 Å². The third-order valence-corrected chi connectivity index (χ3v) is 3.18. The lowest BCUT2D eigenvalue weighted by molar-refractivity contribution is -0.139. The molecule has 0 aliphatic heterocycles. The highest BCUT2D eigenvalue weighted by Crippen LogP contribution is 2.19. The fraction of sp³-hybridized carbons (Fsp3) is 0.444. The van der Waals surface area contributed by atoms with Gasteiger partial charge in [0.2, 0.25) is 0 Å². The molecule has 0 bridgehead atoms. The molecule has 0 saturated carbocycles. The van der Waals surface area contributed by atoms with Gasteiger partial charge in [0.05, 0.1) is 18.9 Å². The quantitative estimate of drug-likeness (QED) is 0.242. The van der Waals surface area contributed by atoms with E-state index in [9.17, 15) is 19.5 Å². The fourth-order valence-corrected chi connectivity index (χ4v) is 1.97. The molecule has 0 atom stereocenters. The van der Waals surface area contributed by atoms with Crippen molar-refractivity contribution in [3.63, 3.8) is 0 Å². The highest BCUT2D eigenvalue weighted by molar-refractivity contribution is 6.35. The summed E-state index contributed by atoms with van der Waals surface area (Å²) in [5.41, 5.74) is 2.50. The number of aromatic carboxylic acids is 1. The minimum atomic E-state index is -1.14. The number of benzene rings is 1. The van der Waals surface area contributed by atoms with E-state index in [0.29, 0.717) is 31.7 Å². The second kappa shape index (κ2) is 11.6. The molecule has 1 aromatic carbocycles. The van der Waals surface area contributed by atoms with Gasteiger partial charge in [0.25, 0.3) is 0 Å². The van der Waals surface area contributed by atoms with E-state index in [1.165, 1.54) is 18.3 Å². The van der Waals surface area contributed by atoms with Crippen molar-refractivity contribution in [2.45, 2.75) is 33.3 Å². The normalized spacial score (nSPS) is 10.8. The predicted octanol–water partition coefficient (Wildman–Crippen LogP) is 1.16. The SMILES string of the molecule is CCOc1ccc(/C=N\NC(=O)C(=O)NCCCOC(C)C)cc1C(=O)O. The number of nitrogens with zero attached hydrogens (tertiary/aromatic N) is 1. The number of amides is 2. The number of carboxylic acid groups (broad SMARTS) is 1. The molecule has 0 fully saturated rings. The van der Waals surface area contributed by atoms with E-state index in [4.69, 9.17) is 9.47 Å². The fourth-order valence-electron chi connectivity index (χ4n) is 1.97. The zero-order valence-corrected chi connectivity index (χ0v) is 15.7. The van der Waals surface area contributed by atoms with Crippen LogP contribution in [0.4, 0.5) is 0 Å². The van der Waals surface area contributed by atoms with Gasteiger partial charge in [0, 0.05) is 13.2 Å². The summed E-state index contributed by atoms with van der Waals surface area (Å²) in [4.78, 5) is 34.5. The van der Waals surface area contributed by atoms with Crippen molar-refractivity contribution in [2.75, 3.05) is 19.8 Å². The summed E-state index contributed by atoms with van der Waals surface area (Å²) in [6.45, 7) is 6.70. The zero-order chi connectivity index (χ0) is 20.2. The van der Waals surface area contributed by atoms with Gasteiger partial charge in [-0.3, -0.25) is 9.59 Å². The molecule has 0 radical (unpaired) electrons. The van der Waals surface area contributed by atoms with E-state index in [-0.39, 0.29) is 17.4 Å². The molecule has 0 unspecified atom stereocenters. The second-order valence-electron chi connectivity index (χ2n) is 5.72. The molecule has 0 heterocycles. The maximum atomic E-state index is 11.6. The van der Waals surface area contributed by atoms with Gasteiger partial charge in [-0.05, 0) is 51.0 Å². The van der Waals surface area contributed by atoms with Crippen LogP contribution in [-0.4, -0.2) is 55.0 Å². The molecule has 9 heteroatoms. The first kappa shape index (κ1) is 22.1. The van der Waals surface area contributed by atoms with Crippen LogP contribution in [0.1, 0.15) is 43.1 Å². The van der Waals surface area contributed by atoms with Crippen LogP contribution in [0.3, 0.4) is 0 Å². The van der Waals surface area contributed by atoms with Crippen LogP contribution in [0.25, 0.3) is 0 Å². The maximum Gasteiger partial charge on any atom is 0.339 e. The minimum Gasteiger partial charge on any atom is -0.493 e. The number of carboxylic acids is 1. The monoisotopic (exact) mass is 379 g/mol. The molecule has 9 nitrogen and oxygen atoms in total. The van der Waals surface area contributed by atoms with Crippen LogP contribution >= 0.6 is 0 Å². The third kappa shape index (κ3) is 8.32. The van der Waals surface area contributed by atoms with E-state index < -0.39 is 17.8 Å². The average Bonchev–Trinajstić information content (AvgIpc) is 2.62. The molecule has 1 rings (SSSR count). The van der Waals surface area contributed by atoms with Gasteiger partial charge < -0.3 is 19.9 Å². The van der Waals surface area contributed by atoms with Crippen LogP contribution in [0, 0.1) is 0 Å².